The van der Waals surface area contributed by atoms with Crippen LogP contribution in [0.3, 0.4) is 0 Å². The van der Waals surface area contributed by atoms with Crippen LogP contribution in [-0.4, -0.2) is 19.9 Å². The molecule has 0 aromatic carbocycles. The molecule has 0 aliphatic carbocycles. The fourth-order valence-electron chi connectivity index (χ4n) is 0.509. The molecule has 0 amide bonds. The zero-order chi connectivity index (χ0) is 6.41. The summed E-state index contributed by atoms with van der Waals surface area (Å²) in [4.78, 5) is 0. The molecule has 0 bridgehead atoms. The largest absolute Gasteiger partial charge is 0.385 e. The van der Waals surface area contributed by atoms with E-state index < -0.39 is 6.17 Å². The van der Waals surface area contributed by atoms with Gasteiger partial charge in [-0.2, -0.15) is 0 Å². The highest BCUT2D eigenvalue weighted by atomic mass is 19.1. The molecule has 1 unspecified atom stereocenters. The highest BCUT2D eigenvalue weighted by Gasteiger charge is 1.94. The summed E-state index contributed by atoms with van der Waals surface area (Å²) < 4.78 is 16.7. The minimum absolute atomic E-state index is 0.619. The van der Waals surface area contributed by atoms with Crippen LogP contribution in [0.2, 0.25) is 0 Å². The van der Waals surface area contributed by atoms with Gasteiger partial charge in [0, 0.05) is 13.7 Å². The van der Waals surface area contributed by atoms with Crippen LogP contribution in [0.25, 0.3) is 0 Å². The van der Waals surface area contributed by atoms with E-state index in [-0.39, 0.29) is 0 Å². The van der Waals surface area contributed by atoms with Crippen molar-refractivity contribution >= 4 is 0 Å². The summed E-state index contributed by atoms with van der Waals surface area (Å²) in [5.74, 6) is 0. The molecule has 0 aliphatic heterocycles. The molecular formula is C6H13FO. The van der Waals surface area contributed by atoms with Gasteiger partial charge in [-0.05, 0) is 19.8 Å². The Labute approximate surface area is 49.8 Å². The van der Waals surface area contributed by atoms with E-state index in [1.54, 1.807) is 14.0 Å². The van der Waals surface area contributed by atoms with Crippen LogP contribution in [-0.2, 0) is 4.74 Å². The van der Waals surface area contributed by atoms with Gasteiger partial charge in [0.05, 0.1) is 6.17 Å². The lowest BCUT2D eigenvalue weighted by molar-refractivity contribution is 0.182. The Hall–Kier alpha value is -0.110. The van der Waals surface area contributed by atoms with E-state index in [0.29, 0.717) is 13.0 Å². The lowest BCUT2D eigenvalue weighted by Crippen LogP contribution is -1.95. The smallest absolute Gasteiger partial charge is 0.0974 e. The Morgan fingerprint density at radius 3 is 2.62 bits per heavy atom. The molecule has 0 aromatic heterocycles. The highest BCUT2D eigenvalue weighted by molar-refractivity contribution is 4.45. The van der Waals surface area contributed by atoms with E-state index in [4.69, 9.17) is 4.74 Å². The minimum Gasteiger partial charge on any atom is -0.385 e. The molecule has 0 N–H and O–H groups in total. The maximum atomic E-state index is 12.0. The monoisotopic (exact) mass is 120 g/mol. The molecule has 8 heavy (non-hydrogen) atoms. The van der Waals surface area contributed by atoms with Gasteiger partial charge in [0.15, 0.2) is 0 Å². The van der Waals surface area contributed by atoms with Crippen LogP contribution >= 0.6 is 0 Å². The van der Waals surface area contributed by atoms with Crippen LogP contribution in [0.15, 0.2) is 0 Å². The Morgan fingerprint density at radius 1 is 1.62 bits per heavy atom. The quantitative estimate of drug-likeness (QED) is 0.514. The van der Waals surface area contributed by atoms with Gasteiger partial charge in [-0.15, -0.1) is 0 Å². The Balaban J connectivity index is 2.72. The predicted octanol–water partition coefficient (Wildman–Crippen LogP) is 1.77. The summed E-state index contributed by atoms with van der Waals surface area (Å²) in [7, 11) is 1.63. The van der Waals surface area contributed by atoms with Gasteiger partial charge in [0.1, 0.15) is 0 Å². The SMILES string of the molecule is COCCCC(C)F. The van der Waals surface area contributed by atoms with Crippen molar-refractivity contribution in [2.75, 3.05) is 13.7 Å². The molecule has 0 aromatic rings. The van der Waals surface area contributed by atoms with Gasteiger partial charge >= 0.3 is 0 Å². The molecule has 0 fully saturated rings. The average Bonchev–Trinajstić information content (AvgIpc) is 1.66. The summed E-state index contributed by atoms with van der Waals surface area (Å²) >= 11 is 0. The summed E-state index contributed by atoms with van der Waals surface area (Å²) in [6, 6.07) is 0. The first-order valence-electron chi connectivity index (χ1n) is 2.90. The van der Waals surface area contributed by atoms with Gasteiger partial charge < -0.3 is 4.74 Å². The highest BCUT2D eigenvalue weighted by Crippen LogP contribution is 1.98. The van der Waals surface area contributed by atoms with Crippen molar-refractivity contribution in [3.05, 3.63) is 0 Å². The molecule has 0 aliphatic rings. The summed E-state index contributed by atoms with van der Waals surface area (Å²) in [5, 5.41) is 0. The van der Waals surface area contributed by atoms with Gasteiger partial charge in [0.2, 0.25) is 0 Å². The van der Waals surface area contributed by atoms with E-state index >= 15 is 0 Å². The zero-order valence-corrected chi connectivity index (χ0v) is 5.48. The molecule has 0 heterocycles. The Morgan fingerprint density at radius 2 is 2.25 bits per heavy atom. The topological polar surface area (TPSA) is 9.23 Å². The van der Waals surface area contributed by atoms with Crippen molar-refractivity contribution in [2.45, 2.75) is 25.9 Å². The molecule has 1 atom stereocenters. The van der Waals surface area contributed by atoms with Crippen molar-refractivity contribution in [1.82, 2.24) is 0 Å². The van der Waals surface area contributed by atoms with E-state index in [1.807, 2.05) is 0 Å². The number of ether oxygens (including phenoxy) is 1. The number of rotatable bonds is 4. The maximum Gasteiger partial charge on any atom is 0.0974 e. The predicted molar refractivity (Wildman–Crippen MR) is 31.7 cm³/mol. The molecule has 0 rings (SSSR count). The first-order chi connectivity index (χ1) is 3.77. The first-order valence-corrected chi connectivity index (χ1v) is 2.90. The van der Waals surface area contributed by atoms with E-state index in [0.717, 1.165) is 6.42 Å². The van der Waals surface area contributed by atoms with E-state index in [9.17, 15) is 4.39 Å². The normalized spacial score (nSPS) is 13.9. The molecular weight excluding hydrogens is 107 g/mol. The number of halogens is 1. The van der Waals surface area contributed by atoms with Crippen molar-refractivity contribution < 1.29 is 9.13 Å². The molecule has 0 radical (unpaired) electrons. The molecule has 0 spiro atoms. The summed E-state index contributed by atoms with van der Waals surface area (Å²) in [6.07, 6.45) is 0.771. The standard InChI is InChI=1S/C6H13FO/c1-6(7)4-3-5-8-2/h6H,3-5H2,1-2H3. The van der Waals surface area contributed by atoms with Gasteiger partial charge in [-0.1, -0.05) is 0 Å². The fraction of sp³-hybridized carbons (Fsp3) is 1.00. The van der Waals surface area contributed by atoms with Crippen molar-refractivity contribution in [2.24, 2.45) is 0 Å². The molecule has 1 nitrogen and oxygen atoms in total. The number of hydrogen-bond donors (Lipinski definition) is 0. The number of methoxy groups -OCH3 is 1. The second-order valence-electron chi connectivity index (χ2n) is 1.92. The van der Waals surface area contributed by atoms with Crippen LogP contribution in [0, 0.1) is 0 Å². The molecule has 2 heteroatoms. The van der Waals surface area contributed by atoms with Crippen LogP contribution in [0.1, 0.15) is 19.8 Å². The third kappa shape index (κ3) is 5.89. The third-order valence-corrected chi connectivity index (χ3v) is 0.950. The lowest BCUT2D eigenvalue weighted by atomic mass is 10.2. The number of alkyl halides is 1. The maximum absolute atomic E-state index is 12.0. The Kier molecular flexibility index (Phi) is 4.97. The van der Waals surface area contributed by atoms with Crippen molar-refractivity contribution in [3.8, 4) is 0 Å². The van der Waals surface area contributed by atoms with Crippen LogP contribution in [0.5, 0.6) is 0 Å². The number of hydrogen-bond acceptors (Lipinski definition) is 1. The minimum atomic E-state index is -0.676. The van der Waals surface area contributed by atoms with Gasteiger partial charge in [-0.25, -0.2) is 4.39 Å². The van der Waals surface area contributed by atoms with Crippen LogP contribution < -0.4 is 0 Å². The van der Waals surface area contributed by atoms with Gasteiger partial charge in [0.25, 0.3) is 0 Å². The van der Waals surface area contributed by atoms with E-state index in [2.05, 4.69) is 0 Å². The first kappa shape index (κ1) is 7.89. The van der Waals surface area contributed by atoms with Crippen molar-refractivity contribution in [3.63, 3.8) is 0 Å². The summed E-state index contributed by atoms with van der Waals surface area (Å²) in [5.41, 5.74) is 0. The van der Waals surface area contributed by atoms with Gasteiger partial charge in [-0.3, -0.25) is 0 Å². The summed E-state index contributed by atoms with van der Waals surface area (Å²) in [6.45, 7) is 2.24. The third-order valence-electron chi connectivity index (χ3n) is 0.950. The average molecular weight is 120 g/mol. The van der Waals surface area contributed by atoms with Crippen LogP contribution in [0.4, 0.5) is 4.39 Å². The fourth-order valence-corrected chi connectivity index (χ4v) is 0.509. The second-order valence-corrected chi connectivity index (χ2v) is 1.92. The zero-order valence-electron chi connectivity index (χ0n) is 5.48. The molecule has 0 saturated carbocycles. The lowest BCUT2D eigenvalue weighted by Gasteiger charge is -1.98. The second kappa shape index (κ2) is 5.04. The molecule has 0 saturated heterocycles. The Bertz CT molecular complexity index is 45.8. The van der Waals surface area contributed by atoms with E-state index in [1.165, 1.54) is 0 Å². The molecule has 50 valence electrons. The van der Waals surface area contributed by atoms with Crippen molar-refractivity contribution in [1.29, 1.82) is 0 Å².